The minimum absolute atomic E-state index is 0.0428. The van der Waals surface area contributed by atoms with Gasteiger partial charge in [-0.2, -0.15) is 0 Å². The van der Waals surface area contributed by atoms with Gasteiger partial charge in [-0.05, 0) is 61.3 Å². The number of amides is 2. The van der Waals surface area contributed by atoms with Crippen LogP contribution in [-0.2, 0) is 9.59 Å². The van der Waals surface area contributed by atoms with Crippen LogP contribution in [0, 0.1) is 0 Å². The van der Waals surface area contributed by atoms with E-state index in [9.17, 15) is 9.59 Å². The number of rotatable bonds is 7. The minimum atomic E-state index is -0.596. The Balaban J connectivity index is 1.90. The summed E-state index contributed by atoms with van der Waals surface area (Å²) in [6, 6.07) is 5.22. The maximum Gasteiger partial charge on any atom is 0.263 e. The van der Waals surface area contributed by atoms with E-state index in [2.05, 4.69) is 20.8 Å². The molecule has 28 heavy (non-hydrogen) atoms. The molecule has 1 unspecified atom stereocenters. The Morgan fingerprint density at radius 2 is 1.93 bits per heavy atom. The molecule has 156 valence electrons. The fourth-order valence-electron chi connectivity index (χ4n) is 3.29. The first-order valence-electron chi connectivity index (χ1n) is 9.76. The van der Waals surface area contributed by atoms with E-state index < -0.39 is 6.10 Å². The first-order chi connectivity index (χ1) is 13.3. The molecule has 0 bridgehead atoms. The molecule has 1 aromatic carbocycles. The minimum Gasteiger partial charge on any atom is -0.480 e. The van der Waals surface area contributed by atoms with Crippen LogP contribution < -0.4 is 4.74 Å². The van der Waals surface area contributed by atoms with E-state index in [1.807, 2.05) is 23.6 Å². The molecule has 1 fully saturated rings. The number of likely N-dealkylation sites (N-methyl/N-ethyl adjacent to an activating group) is 1. The van der Waals surface area contributed by atoms with Gasteiger partial charge in [0.15, 0.2) is 6.10 Å². The smallest absolute Gasteiger partial charge is 0.263 e. The third-order valence-electron chi connectivity index (χ3n) is 4.92. The Labute approximate surface area is 180 Å². The van der Waals surface area contributed by atoms with E-state index in [4.69, 9.17) is 16.3 Å². The van der Waals surface area contributed by atoms with Crippen LogP contribution in [0.4, 0.5) is 0 Å². The first-order valence-corrected chi connectivity index (χ1v) is 10.9. The zero-order valence-corrected chi connectivity index (χ0v) is 19.1. The Kier molecular flexibility index (Phi) is 9.05. The molecule has 1 heterocycles. The molecule has 1 saturated heterocycles. The molecule has 1 aliphatic rings. The molecule has 0 N–H and O–H groups in total. The number of nitrogens with zero attached hydrogens (tertiary/aromatic N) is 3. The van der Waals surface area contributed by atoms with Gasteiger partial charge in [0, 0.05) is 44.3 Å². The number of benzene rings is 1. The number of halogens is 2. The molecule has 1 atom stereocenters. The van der Waals surface area contributed by atoms with Gasteiger partial charge in [-0.25, -0.2) is 0 Å². The Hall–Kier alpha value is -1.31. The predicted molar refractivity (Wildman–Crippen MR) is 115 cm³/mol. The lowest BCUT2D eigenvalue weighted by Crippen LogP contribution is -2.44. The molecule has 0 saturated carbocycles. The molecule has 0 aromatic heterocycles. The number of hydrogen-bond acceptors (Lipinski definition) is 4. The highest BCUT2D eigenvalue weighted by molar-refractivity contribution is 9.10. The summed E-state index contributed by atoms with van der Waals surface area (Å²) in [6.45, 7) is 10.4. The van der Waals surface area contributed by atoms with Crippen LogP contribution in [-0.4, -0.2) is 78.4 Å². The topological polar surface area (TPSA) is 53.1 Å². The molecule has 1 aliphatic heterocycles. The van der Waals surface area contributed by atoms with Crippen molar-refractivity contribution in [3.05, 3.63) is 27.7 Å². The van der Waals surface area contributed by atoms with Gasteiger partial charge in [0.1, 0.15) is 5.75 Å². The summed E-state index contributed by atoms with van der Waals surface area (Å²) in [7, 11) is 0. The molecule has 0 radical (unpaired) electrons. The monoisotopic (exact) mass is 473 g/mol. The summed E-state index contributed by atoms with van der Waals surface area (Å²) < 4.78 is 6.56. The SMILES string of the molecule is CCN(CC)C(=O)CN1CCCN(C(=O)C(C)Oc2ccc(Cl)cc2Br)CC1. The first kappa shape index (κ1) is 23.0. The average Bonchev–Trinajstić information content (AvgIpc) is 2.90. The van der Waals surface area contributed by atoms with E-state index >= 15 is 0 Å². The predicted octanol–water partition coefficient (Wildman–Crippen LogP) is 3.27. The molecule has 6 nitrogen and oxygen atoms in total. The molecular weight excluding hydrogens is 446 g/mol. The standard InChI is InChI=1S/C20H29BrClN3O3/c1-4-24(5-2)19(26)14-23-9-6-10-25(12-11-23)20(27)15(3)28-18-8-7-16(22)13-17(18)21/h7-8,13,15H,4-6,9-12,14H2,1-3H3. The normalized spacial score (nSPS) is 16.4. The second-order valence-electron chi connectivity index (χ2n) is 6.86. The van der Waals surface area contributed by atoms with E-state index in [1.54, 1.807) is 25.1 Å². The Morgan fingerprint density at radius 3 is 2.57 bits per heavy atom. The van der Waals surface area contributed by atoms with Crippen molar-refractivity contribution in [3.63, 3.8) is 0 Å². The van der Waals surface area contributed by atoms with E-state index in [1.165, 1.54) is 0 Å². The Bertz CT molecular complexity index is 685. The van der Waals surface area contributed by atoms with Crippen molar-refractivity contribution in [1.29, 1.82) is 0 Å². The van der Waals surface area contributed by atoms with E-state index in [-0.39, 0.29) is 11.8 Å². The van der Waals surface area contributed by atoms with Crippen LogP contribution >= 0.6 is 27.5 Å². The van der Waals surface area contributed by atoms with Crippen molar-refractivity contribution in [2.45, 2.75) is 33.3 Å². The van der Waals surface area contributed by atoms with Crippen molar-refractivity contribution >= 4 is 39.3 Å². The zero-order chi connectivity index (χ0) is 20.7. The number of carbonyl (C=O) groups excluding carboxylic acids is 2. The highest BCUT2D eigenvalue weighted by Crippen LogP contribution is 2.29. The van der Waals surface area contributed by atoms with Gasteiger partial charge in [0.2, 0.25) is 5.91 Å². The third-order valence-corrected chi connectivity index (χ3v) is 5.78. The van der Waals surface area contributed by atoms with Crippen molar-refractivity contribution in [1.82, 2.24) is 14.7 Å². The highest BCUT2D eigenvalue weighted by atomic mass is 79.9. The van der Waals surface area contributed by atoms with E-state index in [0.29, 0.717) is 37.0 Å². The summed E-state index contributed by atoms with van der Waals surface area (Å²) in [5.41, 5.74) is 0. The number of carbonyl (C=O) groups is 2. The second kappa shape index (κ2) is 11.0. The van der Waals surface area contributed by atoms with Crippen LogP contribution in [0.15, 0.2) is 22.7 Å². The van der Waals surface area contributed by atoms with Gasteiger partial charge < -0.3 is 14.5 Å². The highest BCUT2D eigenvalue weighted by Gasteiger charge is 2.26. The summed E-state index contributed by atoms with van der Waals surface area (Å²) in [6.07, 6.45) is 0.246. The third kappa shape index (κ3) is 6.36. The van der Waals surface area contributed by atoms with Crippen LogP contribution in [0.5, 0.6) is 5.75 Å². The fourth-order valence-corrected chi connectivity index (χ4v) is 4.06. The molecule has 0 spiro atoms. The van der Waals surface area contributed by atoms with Gasteiger partial charge in [0.25, 0.3) is 5.91 Å². The van der Waals surface area contributed by atoms with Gasteiger partial charge in [-0.1, -0.05) is 11.6 Å². The van der Waals surface area contributed by atoms with Gasteiger partial charge in [0.05, 0.1) is 11.0 Å². The van der Waals surface area contributed by atoms with Crippen LogP contribution in [0.2, 0.25) is 5.02 Å². The van der Waals surface area contributed by atoms with Crippen molar-refractivity contribution < 1.29 is 14.3 Å². The summed E-state index contributed by atoms with van der Waals surface area (Å²) in [4.78, 5) is 31.0. The lowest BCUT2D eigenvalue weighted by Gasteiger charge is -2.26. The molecule has 2 amide bonds. The van der Waals surface area contributed by atoms with Crippen molar-refractivity contribution in [2.75, 3.05) is 45.8 Å². The van der Waals surface area contributed by atoms with Crippen LogP contribution in [0.3, 0.4) is 0 Å². The quantitative estimate of drug-likeness (QED) is 0.609. The molecular formula is C20H29BrClN3O3. The largest absolute Gasteiger partial charge is 0.480 e. The summed E-state index contributed by atoms with van der Waals surface area (Å²) >= 11 is 9.36. The van der Waals surface area contributed by atoms with Crippen LogP contribution in [0.1, 0.15) is 27.2 Å². The van der Waals surface area contributed by atoms with E-state index in [0.717, 1.165) is 30.5 Å². The summed E-state index contributed by atoms with van der Waals surface area (Å²) in [5, 5.41) is 0.602. The molecule has 1 aromatic rings. The number of ether oxygens (including phenoxy) is 1. The average molecular weight is 475 g/mol. The molecule has 0 aliphatic carbocycles. The maximum absolute atomic E-state index is 12.8. The van der Waals surface area contributed by atoms with Gasteiger partial charge in [-0.15, -0.1) is 0 Å². The molecule has 2 rings (SSSR count). The van der Waals surface area contributed by atoms with Gasteiger partial charge >= 0.3 is 0 Å². The molecule has 8 heteroatoms. The summed E-state index contributed by atoms with van der Waals surface area (Å²) in [5.74, 6) is 0.694. The lowest BCUT2D eigenvalue weighted by molar-refractivity contribution is -0.137. The fraction of sp³-hybridized carbons (Fsp3) is 0.600. The zero-order valence-electron chi connectivity index (χ0n) is 16.8. The Morgan fingerprint density at radius 1 is 1.21 bits per heavy atom. The second-order valence-corrected chi connectivity index (χ2v) is 8.15. The van der Waals surface area contributed by atoms with Crippen molar-refractivity contribution in [2.24, 2.45) is 0 Å². The van der Waals surface area contributed by atoms with Gasteiger partial charge in [-0.3, -0.25) is 14.5 Å². The lowest BCUT2D eigenvalue weighted by atomic mass is 10.3. The van der Waals surface area contributed by atoms with Crippen molar-refractivity contribution in [3.8, 4) is 5.75 Å². The maximum atomic E-state index is 12.8. The number of hydrogen-bond donors (Lipinski definition) is 0. The van der Waals surface area contributed by atoms with Crippen LogP contribution in [0.25, 0.3) is 0 Å².